The van der Waals surface area contributed by atoms with E-state index in [1.54, 1.807) is 16.9 Å². The van der Waals surface area contributed by atoms with Crippen LogP contribution >= 0.6 is 15.9 Å². The third-order valence-corrected chi connectivity index (χ3v) is 3.33. The van der Waals surface area contributed by atoms with Crippen molar-refractivity contribution >= 4 is 27.2 Å². The summed E-state index contributed by atoms with van der Waals surface area (Å²) in [5, 5.41) is 4.16. The van der Waals surface area contributed by atoms with Gasteiger partial charge in [-0.3, -0.25) is 9.78 Å². The Bertz CT molecular complexity index is 734. The van der Waals surface area contributed by atoms with Crippen LogP contribution in [0.1, 0.15) is 16.1 Å². The zero-order valence-corrected chi connectivity index (χ0v) is 11.5. The van der Waals surface area contributed by atoms with Crippen molar-refractivity contribution in [3.8, 4) is 0 Å². The Balaban J connectivity index is 1.90. The highest BCUT2D eigenvalue weighted by Gasteiger charge is 2.13. The van der Waals surface area contributed by atoms with Crippen LogP contribution in [0.4, 0.5) is 0 Å². The summed E-state index contributed by atoms with van der Waals surface area (Å²) in [7, 11) is 0. The van der Waals surface area contributed by atoms with Crippen LogP contribution < -0.4 is 0 Å². The smallest absolute Gasteiger partial charge is 0.172 e. The summed E-state index contributed by atoms with van der Waals surface area (Å²) in [6, 6.07) is 9.38. The first-order valence-corrected chi connectivity index (χ1v) is 6.59. The second-order valence-electron chi connectivity index (χ2n) is 4.16. The van der Waals surface area contributed by atoms with E-state index in [1.165, 1.54) is 0 Å². The van der Waals surface area contributed by atoms with E-state index in [0.717, 1.165) is 15.7 Å². The monoisotopic (exact) mass is 315 g/mol. The molecule has 0 fully saturated rings. The molecular weight excluding hydrogens is 306 g/mol. The molecule has 0 bridgehead atoms. The van der Waals surface area contributed by atoms with Gasteiger partial charge < -0.3 is 0 Å². The summed E-state index contributed by atoms with van der Waals surface area (Å²) < 4.78 is 2.60. The maximum absolute atomic E-state index is 12.3. The number of rotatable bonds is 3. The Labute approximate surface area is 118 Å². The molecule has 3 rings (SSSR count). The quantitative estimate of drug-likeness (QED) is 0.698. The summed E-state index contributed by atoms with van der Waals surface area (Å²) >= 11 is 3.32. The molecule has 0 saturated heterocycles. The van der Waals surface area contributed by atoms with Gasteiger partial charge in [0.2, 0.25) is 0 Å². The number of pyridine rings is 2. The SMILES string of the molecule is O=C(Cc1ccc(Br)cn1)c1cnn2ccccc12. The Morgan fingerprint density at radius 1 is 1.21 bits per heavy atom. The van der Waals surface area contributed by atoms with Gasteiger partial charge in [-0.2, -0.15) is 5.10 Å². The van der Waals surface area contributed by atoms with Crippen molar-refractivity contribution in [2.24, 2.45) is 0 Å². The highest BCUT2D eigenvalue weighted by atomic mass is 79.9. The number of Topliss-reactive ketones (excluding diaryl/α,β-unsaturated/α-hetero) is 1. The maximum atomic E-state index is 12.3. The topological polar surface area (TPSA) is 47.3 Å². The Kier molecular flexibility index (Phi) is 3.13. The van der Waals surface area contributed by atoms with E-state index in [-0.39, 0.29) is 12.2 Å². The van der Waals surface area contributed by atoms with Gasteiger partial charge in [-0.1, -0.05) is 6.07 Å². The van der Waals surface area contributed by atoms with Gasteiger partial charge >= 0.3 is 0 Å². The highest BCUT2D eigenvalue weighted by molar-refractivity contribution is 9.10. The minimum atomic E-state index is 0.0241. The van der Waals surface area contributed by atoms with E-state index in [1.807, 2.05) is 36.5 Å². The zero-order chi connectivity index (χ0) is 13.2. The average molecular weight is 316 g/mol. The molecule has 0 atom stereocenters. The van der Waals surface area contributed by atoms with Crippen LogP contribution in [-0.2, 0) is 6.42 Å². The summed E-state index contributed by atoms with van der Waals surface area (Å²) in [5.74, 6) is 0.0241. The Hall–Kier alpha value is -2.01. The van der Waals surface area contributed by atoms with Crippen molar-refractivity contribution in [1.29, 1.82) is 0 Å². The van der Waals surface area contributed by atoms with Crippen molar-refractivity contribution in [2.75, 3.05) is 0 Å². The van der Waals surface area contributed by atoms with Crippen molar-refractivity contribution in [1.82, 2.24) is 14.6 Å². The second kappa shape index (κ2) is 4.93. The third-order valence-electron chi connectivity index (χ3n) is 2.86. The fourth-order valence-electron chi connectivity index (χ4n) is 1.92. The number of hydrogen-bond acceptors (Lipinski definition) is 3. The summed E-state index contributed by atoms with van der Waals surface area (Å²) in [6.45, 7) is 0. The number of aromatic nitrogens is 3. The molecule has 0 N–H and O–H groups in total. The van der Waals surface area contributed by atoms with Crippen LogP contribution in [0.25, 0.3) is 5.52 Å². The molecule has 0 aromatic carbocycles. The largest absolute Gasteiger partial charge is 0.294 e. The van der Waals surface area contributed by atoms with Gasteiger partial charge in [0.15, 0.2) is 5.78 Å². The lowest BCUT2D eigenvalue weighted by Gasteiger charge is -2.00. The van der Waals surface area contributed by atoms with Gasteiger partial charge in [0.25, 0.3) is 0 Å². The van der Waals surface area contributed by atoms with Gasteiger partial charge in [-0.25, -0.2) is 4.52 Å². The standard InChI is InChI=1S/C14H10BrN3O/c15-10-4-5-11(16-8-10)7-14(19)12-9-17-18-6-2-1-3-13(12)18/h1-6,8-9H,7H2. The number of carbonyl (C=O) groups is 1. The van der Waals surface area contributed by atoms with E-state index < -0.39 is 0 Å². The average Bonchev–Trinajstić information content (AvgIpc) is 2.85. The van der Waals surface area contributed by atoms with Gasteiger partial charge in [-0.15, -0.1) is 0 Å². The molecule has 0 spiro atoms. The molecule has 94 valence electrons. The molecule has 19 heavy (non-hydrogen) atoms. The molecule has 5 heteroatoms. The molecule has 0 aliphatic carbocycles. The van der Waals surface area contributed by atoms with E-state index in [0.29, 0.717) is 5.56 Å². The molecule has 0 amide bonds. The molecule has 3 aromatic heterocycles. The third kappa shape index (κ3) is 2.42. The highest BCUT2D eigenvalue weighted by Crippen LogP contribution is 2.14. The van der Waals surface area contributed by atoms with Crippen molar-refractivity contribution in [3.05, 3.63) is 64.7 Å². The van der Waals surface area contributed by atoms with E-state index in [2.05, 4.69) is 26.0 Å². The van der Waals surface area contributed by atoms with E-state index in [4.69, 9.17) is 0 Å². The van der Waals surface area contributed by atoms with Gasteiger partial charge in [0.1, 0.15) is 0 Å². The molecule has 4 nitrogen and oxygen atoms in total. The molecule has 0 saturated carbocycles. The number of carbonyl (C=O) groups excluding carboxylic acids is 1. The van der Waals surface area contributed by atoms with Gasteiger partial charge in [-0.05, 0) is 40.2 Å². The second-order valence-corrected chi connectivity index (χ2v) is 5.07. The summed E-state index contributed by atoms with van der Waals surface area (Å²) in [6.07, 6.45) is 5.41. The Morgan fingerprint density at radius 2 is 2.11 bits per heavy atom. The van der Waals surface area contributed by atoms with Gasteiger partial charge in [0.05, 0.1) is 23.7 Å². The Morgan fingerprint density at radius 3 is 2.89 bits per heavy atom. The molecule has 0 unspecified atom stereocenters. The predicted octanol–water partition coefficient (Wildman–Crippen LogP) is 2.92. The van der Waals surface area contributed by atoms with Crippen LogP contribution in [0, 0.1) is 0 Å². The number of halogens is 1. The van der Waals surface area contributed by atoms with Crippen molar-refractivity contribution in [2.45, 2.75) is 6.42 Å². The number of fused-ring (bicyclic) bond motifs is 1. The summed E-state index contributed by atoms with van der Waals surface area (Å²) in [4.78, 5) is 16.5. The zero-order valence-electron chi connectivity index (χ0n) is 9.95. The van der Waals surface area contributed by atoms with E-state index >= 15 is 0 Å². The normalized spacial score (nSPS) is 10.8. The lowest BCUT2D eigenvalue weighted by Crippen LogP contribution is -2.04. The van der Waals surface area contributed by atoms with Crippen LogP contribution in [0.2, 0.25) is 0 Å². The molecule has 3 aromatic rings. The molecule has 0 aliphatic rings. The predicted molar refractivity (Wildman–Crippen MR) is 75.2 cm³/mol. The van der Waals surface area contributed by atoms with Gasteiger partial charge in [0, 0.05) is 22.6 Å². The minimum absolute atomic E-state index is 0.0241. The number of hydrogen-bond donors (Lipinski definition) is 0. The maximum Gasteiger partial charge on any atom is 0.172 e. The molecule has 3 heterocycles. The lowest BCUT2D eigenvalue weighted by atomic mass is 10.1. The first-order chi connectivity index (χ1) is 9.24. The minimum Gasteiger partial charge on any atom is -0.294 e. The number of nitrogens with zero attached hydrogens (tertiary/aromatic N) is 3. The first kappa shape index (κ1) is 12.0. The van der Waals surface area contributed by atoms with Crippen molar-refractivity contribution in [3.63, 3.8) is 0 Å². The van der Waals surface area contributed by atoms with Crippen molar-refractivity contribution < 1.29 is 4.79 Å². The summed E-state index contributed by atoms with van der Waals surface area (Å²) in [5.41, 5.74) is 2.21. The molecule has 0 aliphatic heterocycles. The van der Waals surface area contributed by atoms with Crippen LogP contribution in [-0.4, -0.2) is 20.4 Å². The van der Waals surface area contributed by atoms with Crippen LogP contribution in [0.5, 0.6) is 0 Å². The van der Waals surface area contributed by atoms with Crippen LogP contribution in [0.3, 0.4) is 0 Å². The fourth-order valence-corrected chi connectivity index (χ4v) is 2.15. The lowest BCUT2D eigenvalue weighted by molar-refractivity contribution is 0.0993. The van der Waals surface area contributed by atoms with Crippen LogP contribution in [0.15, 0.2) is 53.4 Å². The molecular formula is C14H10BrN3O. The first-order valence-electron chi connectivity index (χ1n) is 5.80. The number of ketones is 1. The molecule has 0 radical (unpaired) electrons. The fraction of sp³-hybridized carbons (Fsp3) is 0.0714. The van der Waals surface area contributed by atoms with E-state index in [9.17, 15) is 4.79 Å².